The number of rotatable bonds is 1. The maximum absolute atomic E-state index is 11.0. The van der Waals surface area contributed by atoms with Gasteiger partial charge in [-0.1, -0.05) is 15.9 Å². The van der Waals surface area contributed by atoms with Crippen LogP contribution in [0.15, 0.2) is 0 Å². The third kappa shape index (κ3) is 3.88. The maximum atomic E-state index is 11.0. The van der Waals surface area contributed by atoms with E-state index >= 15 is 0 Å². The molecule has 0 aromatic heterocycles. The smallest absolute Gasteiger partial charge is 0.236 e. The highest BCUT2D eigenvalue weighted by Gasteiger charge is 2.27. The van der Waals surface area contributed by atoms with Crippen molar-refractivity contribution in [1.82, 2.24) is 9.80 Å². The van der Waals surface area contributed by atoms with Gasteiger partial charge in [0.25, 0.3) is 0 Å². The molecule has 2 aliphatic heterocycles. The fraction of sp³-hybridized carbons (Fsp3) is 0.818. The SMILES string of the molecule is CCN1CCC(S)C1=O.CN1CCC(Br)C1=O. The second-order valence-electron chi connectivity index (χ2n) is 4.24. The van der Waals surface area contributed by atoms with Crippen molar-refractivity contribution in [1.29, 1.82) is 0 Å². The summed E-state index contributed by atoms with van der Waals surface area (Å²) in [5.41, 5.74) is 0. The van der Waals surface area contributed by atoms with Crippen LogP contribution in [-0.4, -0.2) is 58.4 Å². The lowest BCUT2D eigenvalue weighted by molar-refractivity contribution is -0.127. The predicted molar refractivity (Wildman–Crippen MR) is 74.6 cm³/mol. The summed E-state index contributed by atoms with van der Waals surface area (Å²) in [6.45, 7) is 4.61. The maximum Gasteiger partial charge on any atom is 0.236 e. The zero-order chi connectivity index (χ0) is 13.0. The molecule has 0 spiro atoms. The lowest BCUT2D eigenvalue weighted by Crippen LogP contribution is -2.26. The fourth-order valence-electron chi connectivity index (χ4n) is 1.82. The second-order valence-corrected chi connectivity index (χ2v) is 5.97. The molecule has 2 aliphatic rings. The molecule has 2 amide bonds. The average Bonchev–Trinajstić information content (AvgIpc) is 2.79. The molecule has 4 nitrogen and oxygen atoms in total. The minimum atomic E-state index is -0.0232. The molecule has 0 N–H and O–H groups in total. The van der Waals surface area contributed by atoms with Crippen LogP contribution in [0.25, 0.3) is 0 Å². The summed E-state index contributed by atoms with van der Waals surface area (Å²) in [6.07, 6.45) is 1.87. The molecule has 0 aliphatic carbocycles. The highest BCUT2D eigenvalue weighted by molar-refractivity contribution is 9.10. The van der Waals surface area contributed by atoms with Crippen molar-refractivity contribution in [3.8, 4) is 0 Å². The fourth-order valence-corrected chi connectivity index (χ4v) is 2.65. The van der Waals surface area contributed by atoms with Gasteiger partial charge in [-0.25, -0.2) is 0 Å². The Hall–Kier alpha value is -0.230. The van der Waals surface area contributed by atoms with E-state index in [1.165, 1.54) is 0 Å². The molecule has 2 fully saturated rings. The summed E-state index contributed by atoms with van der Waals surface area (Å²) in [7, 11) is 1.82. The molecule has 0 saturated carbocycles. The number of halogens is 1. The molecule has 0 aromatic rings. The van der Waals surface area contributed by atoms with Crippen molar-refractivity contribution in [2.75, 3.05) is 26.7 Å². The molecule has 98 valence electrons. The lowest BCUT2D eigenvalue weighted by atomic mass is 10.4. The van der Waals surface area contributed by atoms with Crippen LogP contribution in [0.4, 0.5) is 0 Å². The van der Waals surface area contributed by atoms with E-state index in [-0.39, 0.29) is 21.9 Å². The van der Waals surface area contributed by atoms with Crippen LogP contribution < -0.4 is 0 Å². The number of likely N-dealkylation sites (tertiary alicyclic amines) is 2. The highest BCUT2D eigenvalue weighted by atomic mass is 79.9. The Morgan fingerprint density at radius 1 is 1.29 bits per heavy atom. The van der Waals surface area contributed by atoms with Crippen molar-refractivity contribution in [2.45, 2.75) is 29.8 Å². The molecule has 17 heavy (non-hydrogen) atoms. The van der Waals surface area contributed by atoms with Gasteiger partial charge in [-0.05, 0) is 19.8 Å². The van der Waals surface area contributed by atoms with E-state index in [1.807, 2.05) is 18.9 Å². The Balaban J connectivity index is 0.000000171. The summed E-state index contributed by atoms with van der Waals surface area (Å²) in [5.74, 6) is 0.408. The van der Waals surface area contributed by atoms with Gasteiger partial charge in [-0.15, -0.1) is 0 Å². The third-order valence-corrected chi connectivity index (χ3v) is 4.34. The molecular weight excluding hydrogens is 304 g/mol. The van der Waals surface area contributed by atoms with Crippen LogP contribution in [-0.2, 0) is 9.59 Å². The average molecular weight is 323 g/mol. The first kappa shape index (κ1) is 14.8. The van der Waals surface area contributed by atoms with Gasteiger partial charge in [0.05, 0.1) is 10.1 Å². The minimum Gasteiger partial charge on any atom is -0.345 e. The van der Waals surface area contributed by atoms with Crippen LogP contribution in [0.5, 0.6) is 0 Å². The number of carbonyl (C=O) groups is 2. The van der Waals surface area contributed by atoms with Gasteiger partial charge < -0.3 is 9.80 Å². The standard InChI is InChI=1S/C6H11NOS.C5H8BrNO/c1-2-7-4-3-5(9)6(7)8;1-7-3-2-4(6)5(7)8/h5,9H,2-4H2,1H3;4H,2-3H2,1H3. The Labute approximate surface area is 116 Å². The van der Waals surface area contributed by atoms with E-state index in [9.17, 15) is 9.59 Å². The Kier molecular flexibility index (Phi) is 5.79. The molecule has 0 bridgehead atoms. The number of hydrogen-bond donors (Lipinski definition) is 1. The van der Waals surface area contributed by atoms with Crippen LogP contribution in [0, 0.1) is 0 Å². The number of thiol groups is 1. The van der Waals surface area contributed by atoms with Gasteiger partial charge in [0, 0.05) is 26.7 Å². The molecule has 0 aromatic carbocycles. The van der Waals surface area contributed by atoms with Gasteiger partial charge in [0.2, 0.25) is 11.8 Å². The Morgan fingerprint density at radius 2 is 1.94 bits per heavy atom. The van der Waals surface area contributed by atoms with Crippen molar-refractivity contribution in [2.24, 2.45) is 0 Å². The monoisotopic (exact) mass is 322 g/mol. The summed E-state index contributed by atoms with van der Waals surface area (Å²) < 4.78 is 0. The van der Waals surface area contributed by atoms with Crippen molar-refractivity contribution in [3.63, 3.8) is 0 Å². The highest BCUT2D eigenvalue weighted by Crippen LogP contribution is 2.16. The Bertz CT molecular complexity index is 289. The van der Waals surface area contributed by atoms with Crippen LogP contribution >= 0.6 is 28.6 Å². The predicted octanol–water partition coefficient (Wildman–Crippen LogP) is 1.15. The van der Waals surface area contributed by atoms with E-state index in [1.54, 1.807) is 4.90 Å². The van der Waals surface area contributed by atoms with Gasteiger partial charge in [-0.3, -0.25) is 9.59 Å². The summed E-state index contributed by atoms with van der Waals surface area (Å²) in [4.78, 5) is 25.4. The van der Waals surface area contributed by atoms with E-state index in [2.05, 4.69) is 28.6 Å². The topological polar surface area (TPSA) is 40.6 Å². The normalized spacial score (nSPS) is 28.5. The zero-order valence-electron chi connectivity index (χ0n) is 10.2. The number of hydrogen-bond acceptors (Lipinski definition) is 3. The molecule has 6 heteroatoms. The second kappa shape index (κ2) is 6.64. The van der Waals surface area contributed by atoms with E-state index in [0.717, 1.165) is 32.5 Å². The van der Waals surface area contributed by atoms with Crippen molar-refractivity contribution < 1.29 is 9.59 Å². The van der Waals surface area contributed by atoms with Gasteiger partial charge in [0.1, 0.15) is 0 Å². The first-order valence-electron chi connectivity index (χ1n) is 5.83. The molecule has 2 rings (SSSR count). The van der Waals surface area contributed by atoms with Crippen molar-refractivity contribution in [3.05, 3.63) is 0 Å². The van der Waals surface area contributed by atoms with Gasteiger partial charge >= 0.3 is 0 Å². The van der Waals surface area contributed by atoms with Crippen LogP contribution in [0.3, 0.4) is 0 Å². The van der Waals surface area contributed by atoms with Gasteiger partial charge in [-0.2, -0.15) is 12.6 Å². The number of carbonyl (C=O) groups excluding carboxylic acids is 2. The quantitative estimate of drug-likeness (QED) is 0.581. The van der Waals surface area contributed by atoms with Crippen LogP contribution in [0.1, 0.15) is 19.8 Å². The molecule has 2 saturated heterocycles. The molecule has 0 radical (unpaired) electrons. The lowest BCUT2D eigenvalue weighted by Gasteiger charge is -2.11. The number of nitrogens with zero attached hydrogens (tertiary/aromatic N) is 2. The largest absolute Gasteiger partial charge is 0.345 e. The number of amides is 2. The first-order valence-corrected chi connectivity index (χ1v) is 7.26. The molecule has 2 unspecified atom stereocenters. The molecule has 2 heterocycles. The van der Waals surface area contributed by atoms with Gasteiger partial charge in [0.15, 0.2) is 0 Å². The van der Waals surface area contributed by atoms with E-state index < -0.39 is 0 Å². The summed E-state index contributed by atoms with van der Waals surface area (Å²) in [5, 5.41) is -0.0232. The first-order chi connectivity index (χ1) is 7.97. The third-order valence-electron chi connectivity index (χ3n) is 3.01. The van der Waals surface area contributed by atoms with E-state index in [0.29, 0.717) is 0 Å². The zero-order valence-corrected chi connectivity index (χ0v) is 12.7. The molecule has 2 atom stereocenters. The summed E-state index contributed by atoms with van der Waals surface area (Å²) >= 11 is 7.36. The number of alkyl halides is 1. The summed E-state index contributed by atoms with van der Waals surface area (Å²) in [6, 6.07) is 0. The molecular formula is C11H19BrN2O2S. The Morgan fingerprint density at radius 3 is 2.12 bits per heavy atom. The van der Waals surface area contributed by atoms with Crippen LogP contribution in [0.2, 0.25) is 0 Å². The van der Waals surface area contributed by atoms with Crippen molar-refractivity contribution >= 4 is 40.4 Å². The minimum absolute atomic E-state index is 0.0232. The van der Waals surface area contributed by atoms with E-state index in [4.69, 9.17) is 0 Å².